The molecule has 2 heterocycles. The zero-order chi connectivity index (χ0) is 15.4. The molecule has 0 bridgehead atoms. The lowest BCUT2D eigenvalue weighted by atomic mass is 10.1. The number of fused-ring (bicyclic) bond motifs is 1. The van der Waals surface area contributed by atoms with Crippen molar-refractivity contribution in [2.24, 2.45) is 0 Å². The van der Waals surface area contributed by atoms with Gasteiger partial charge < -0.3 is 19.3 Å². The topological polar surface area (TPSA) is 73.6 Å². The fraction of sp³-hybridized carbons (Fsp3) is 0.375. The van der Waals surface area contributed by atoms with Gasteiger partial charge in [0.15, 0.2) is 17.3 Å². The predicted molar refractivity (Wildman–Crippen MR) is 79.9 cm³/mol. The van der Waals surface area contributed by atoms with Crippen LogP contribution in [0.2, 0.25) is 0 Å². The Hall–Kier alpha value is -2.50. The maximum Gasteiger partial charge on any atom is 0.226 e. The van der Waals surface area contributed by atoms with Crippen LogP contribution in [-0.4, -0.2) is 30.8 Å². The Bertz CT molecular complexity index is 666. The summed E-state index contributed by atoms with van der Waals surface area (Å²) < 4.78 is 16.4. The maximum absolute atomic E-state index is 11.7. The molecule has 0 unspecified atom stereocenters. The molecule has 0 radical (unpaired) electrons. The highest BCUT2D eigenvalue weighted by atomic mass is 16.6. The number of amides is 1. The fourth-order valence-corrected chi connectivity index (χ4v) is 2.22. The van der Waals surface area contributed by atoms with Crippen molar-refractivity contribution in [3.63, 3.8) is 0 Å². The van der Waals surface area contributed by atoms with Crippen molar-refractivity contribution in [2.45, 2.75) is 19.8 Å². The van der Waals surface area contributed by atoms with Crippen LogP contribution in [-0.2, 0) is 11.2 Å². The second-order valence-electron chi connectivity index (χ2n) is 5.07. The number of nitrogens with one attached hydrogen (secondary N) is 1. The van der Waals surface area contributed by atoms with Crippen LogP contribution in [0.15, 0.2) is 28.8 Å². The van der Waals surface area contributed by atoms with Gasteiger partial charge in [-0.25, -0.2) is 0 Å². The van der Waals surface area contributed by atoms with Crippen LogP contribution in [0.1, 0.15) is 19.0 Å². The maximum atomic E-state index is 11.7. The van der Waals surface area contributed by atoms with Gasteiger partial charge in [-0.3, -0.25) is 4.79 Å². The number of nitrogens with zero attached hydrogens (tertiary/aromatic N) is 1. The SMILES string of the molecule is CCCNC(=O)Cc1cc(-c2ccc3c(c2)OCCO3)on1. The summed E-state index contributed by atoms with van der Waals surface area (Å²) in [5.74, 6) is 1.98. The molecule has 0 aliphatic carbocycles. The number of ether oxygens (including phenoxy) is 2. The van der Waals surface area contributed by atoms with Crippen molar-refractivity contribution >= 4 is 5.91 Å². The zero-order valence-electron chi connectivity index (χ0n) is 12.4. The van der Waals surface area contributed by atoms with Gasteiger partial charge in [-0.05, 0) is 24.6 Å². The third-order valence-corrected chi connectivity index (χ3v) is 3.30. The molecule has 0 saturated heterocycles. The zero-order valence-corrected chi connectivity index (χ0v) is 12.4. The van der Waals surface area contributed by atoms with Crippen LogP contribution < -0.4 is 14.8 Å². The van der Waals surface area contributed by atoms with E-state index in [1.165, 1.54) is 0 Å². The van der Waals surface area contributed by atoms with Crippen LogP contribution in [0.3, 0.4) is 0 Å². The van der Waals surface area contributed by atoms with Gasteiger partial charge in [0.25, 0.3) is 0 Å². The standard InChI is InChI=1S/C16H18N2O4/c1-2-5-17-16(19)10-12-9-14(22-18-12)11-3-4-13-15(8-11)21-7-6-20-13/h3-4,8-9H,2,5-7,10H2,1H3,(H,17,19). The number of rotatable bonds is 5. The number of carbonyl (C=O) groups excluding carboxylic acids is 1. The van der Waals surface area contributed by atoms with E-state index in [0.29, 0.717) is 37.0 Å². The molecule has 0 fully saturated rings. The third-order valence-electron chi connectivity index (χ3n) is 3.30. The van der Waals surface area contributed by atoms with E-state index >= 15 is 0 Å². The van der Waals surface area contributed by atoms with Crippen LogP contribution in [0, 0.1) is 0 Å². The molecule has 3 rings (SSSR count). The van der Waals surface area contributed by atoms with Crippen LogP contribution in [0.4, 0.5) is 0 Å². The van der Waals surface area contributed by atoms with Gasteiger partial charge >= 0.3 is 0 Å². The number of aromatic nitrogens is 1. The molecule has 116 valence electrons. The molecule has 6 nitrogen and oxygen atoms in total. The van der Waals surface area contributed by atoms with E-state index in [0.717, 1.165) is 17.7 Å². The fourth-order valence-electron chi connectivity index (χ4n) is 2.22. The first kappa shape index (κ1) is 14.4. The van der Waals surface area contributed by atoms with Gasteiger partial charge in [-0.15, -0.1) is 0 Å². The monoisotopic (exact) mass is 302 g/mol. The average Bonchev–Trinajstić information content (AvgIpc) is 3.01. The third kappa shape index (κ3) is 3.21. The highest BCUT2D eigenvalue weighted by Gasteiger charge is 2.15. The van der Waals surface area contributed by atoms with Gasteiger partial charge in [0, 0.05) is 18.2 Å². The van der Waals surface area contributed by atoms with Crippen LogP contribution in [0.5, 0.6) is 11.5 Å². The Morgan fingerprint density at radius 3 is 2.86 bits per heavy atom. The smallest absolute Gasteiger partial charge is 0.226 e. The second kappa shape index (κ2) is 6.51. The van der Waals surface area contributed by atoms with Crippen molar-refractivity contribution in [3.05, 3.63) is 30.0 Å². The van der Waals surface area contributed by atoms with Crippen molar-refractivity contribution in [1.82, 2.24) is 10.5 Å². The molecule has 1 aromatic heterocycles. The first-order valence-corrected chi connectivity index (χ1v) is 7.38. The number of hydrogen-bond acceptors (Lipinski definition) is 5. The van der Waals surface area contributed by atoms with E-state index < -0.39 is 0 Å². The summed E-state index contributed by atoms with van der Waals surface area (Å²) in [5, 5.41) is 6.76. The molecule has 1 amide bonds. The molecule has 1 aliphatic rings. The summed E-state index contributed by atoms with van der Waals surface area (Å²) in [6, 6.07) is 7.36. The second-order valence-corrected chi connectivity index (χ2v) is 5.07. The first-order valence-electron chi connectivity index (χ1n) is 7.38. The molecular weight excluding hydrogens is 284 g/mol. The number of benzene rings is 1. The molecule has 1 aliphatic heterocycles. The minimum atomic E-state index is -0.0520. The molecule has 0 atom stereocenters. The van der Waals surface area contributed by atoms with E-state index in [9.17, 15) is 4.79 Å². The van der Waals surface area contributed by atoms with Crippen molar-refractivity contribution in [1.29, 1.82) is 0 Å². The Morgan fingerprint density at radius 1 is 1.23 bits per heavy atom. The summed E-state index contributed by atoms with van der Waals surface area (Å²) in [5.41, 5.74) is 1.45. The Morgan fingerprint density at radius 2 is 2.05 bits per heavy atom. The van der Waals surface area contributed by atoms with Crippen molar-refractivity contribution in [2.75, 3.05) is 19.8 Å². The average molecular weight is 302 g/mol. The summed E-state index contributed by atoms with van der Waals surface area (Å²) in [6.45, 7) is 3.78. The summed E-state index contributed by atoms with van der Waals surface area (Å²) in [6.07, 6.45) is 1.13. The van der Waals surface area contributed by atoms with E-state index in [-0.39, 0.29) is 12.3 Å². The summed E-state index contributed by atoms with van der Waals surface area (Å²) in [4.78, 5) is 11.7. The number of hydrogen-bond donors (Lipinski definition) is 1. The minimum absolute atomic E-state index is 0.0520. The summed E-state index contributed by atoms with van der Waals surface area (Å²) in [7, 11) is 0. The van der Waals surface area contributed by atoms with Gasteiger partial charge in [-0.1, -0.05) is 12.1 Å². The van der Waals surface area contributed by atoms with E-state index in [1.807, 2.05) is 25.1 Å². The van der Waals surface area contributed by atoms with Crippen LogP contribution >= 0.6 is 0 Å². The Balaban J connectivity index is 1.72. The molecule has 22 heavy (non-hydrogen) atoms. The van der Waals surface area contributed by atoms with Crippen molar-refractivity contribution < 1.29 is 18.8 Å². The largest absolute Gasteiger partial charge is 0.486 e. The quantitative estimate of drug-likeness (QED) is 0.916. The van der Waals surface area contributed by atoms with Gasteiger partial charge in [-0.2, -0.15) is 0 Å². The molecular formula is C16H18N2O4. The lowest BCUT2D eigenvalue weighted by Crippen LogP contribution is -2.25. The van der Waals surface area contributed by atoms with E-state index in [1.54, 1.807) is 6.07 Å². The normalized spacial score (nSPS) is 13.0. The van der Waals surface area contributed by atoms with Crippen molar-refractivity contribution in [3.8, 4) is 22.8 Å². The van der Waals surface area contributed by atoms with Gasteiger partial charge in [0.05, 0.1) is 12.1 Å². The summed E-state index contributed by atoms with van der Waals surface area (Å²) >= 11 is 0. The lowest BCUT2D eigenvalue weighted by molar-refractivity contribution is -0.120. The molecule has 1 aromatic carbocycles. The lowest BCUT2D eigenvalue weighted by Gasteiger charge is -2.18. The van der Waals surface area contributed by atoms with E-state index in [4.69, 9.17) is 14.0 Å². The van der Waals surface area contributed by atoms with Gasteiger partial charge in [0.1, 0.15) is 13.2 Å². The molecule has 0 saturated carbocycles. The highest BCUT2D eigenvalue weighted by molar-refractivity contribution is 5.78. The van der Waals surface area contributed by atoms with Gasteiger partial charge in [0.2, 0.25) is 5.91 Å². The van der Waals surface area contributed by atoms with Crippen LogP contribution in [0.25, 0.3) is 11.3 Å². The van der Waals surface area contributed by atoms with E-state index in [2.05, 4.69) is 10.5 Å². The molecule has 6 heteroatoms. The molecule has 0 spiro atoms. The molecule has 2 aromatic rings. The highest BCUT2D eigenvalue weighted by Crippen LogP contribution is 2.34. The molecule has 1 N–H and O–H groups in total. The first-order chi connectivity index (χ1) is 10.8. The minimum Gasteiger partial charge on any atom is -0.486 e. The number of carbonyl (C=O) groups is 1. The Kier molecular flexibility index (Phi) is 4.27. The Labute approximate surface area is 128 Å². The predicted octanol–water partition coefficient (Wildman–Crippen LogP) is 2.18.